The van der Waals surface area contributed by atoms with Gasteiger partial charge in [-0.2, -0.15) is 0 Å². The zero-order valence-electron chi connectivity index (χ0n) is 17.2. The lowest BCUT2D eigenvalue weighted by Crippen LogP contribution is -2.03. The van der Waals surface area contributed by atoms with Crippen LogP contribution in [-0.2, 0) is 0 Å². The predicted molar refractivity (Wildman–Crippen MR) is 117 cm³/mol. The van der Waals surface area contributed by atoms with Gasteiger partial charge in [-0.3, -0.25) is 4.99 Å². The lowest BCUT2D eigenvalue weighted by atomic mass is 9.88. The van der Waals surface area contributed by atoms with Crippen molar-refractivity contribution in [2.75, 3.05) is 27.6 Å². The van der Waals surface area contributed by atoms with Gasteiger partial charge in [0.1, 0.15) is 0 Å². The van der Waals surface area contributed by atoms with Crippen molar-refractivity contribution in [1.29, 1.82) is 0 Å². The predicted octanol–water partition coefficient (Wildman–Crippen LogP) is 5.07. The van der Waals surface area contributed by atoms with E-state index in [1.54, 1.807) is 14.2 Å². The van der Waals surface area contributed by atoms with Gasteiger partial charge in [-0.05, 0) is 53.4 Å². The van der Waals surface area contributed by atoms with Gasteiger partial charge >= 0.3 is 0 Å². The van der Waals surface area contributed by atoms with E-state index >= 15 is 0 Å². The molecule has 0 aliphatic carbocycles. The SMILES string of the molecule is COc1ccc(C=NCCC(c2ccccc2)c2ccc3c(c2)OCO3)cc1OC. The van der Waals surface area contributed by atoms with Gasteiger partial charge in [-0.1, -0.05) is 36.4 Å². The summed E-state index contributed by atoms with van der Waals surface area (Å²) in [4.78, 5) is 4.66. The molecule has 0 bridgehead atoms. The van der Waals surface area contributed by atoms with Crippen molar-refractivity contribution in [3.8, 4) is 23.0 Å². The Morgan fingerprint density at radius 3 is 2.47 bits per heavy atom. The molecule has 0 fully saturated rings. The molecule has 0 aromatic heterocycles. The highest BCUT2D eigenvalue weighted by Crippen LogP contribution is 2.37. The number of benzene rings is 3. The lowest BCUT2D eigenvalue weighted by molar-refractivity contribution is 0.174. The second-order valence-electron chi connectivity index (χ2n) is 7.01. The Morgan fingerprint density at radius 2 is 1.67 bits per heavy atom. The van der Waals surface area contributed by atoms with Gasteiger partial charge < -0.3 is 18.9 Å². The Balaban J connectivity index is 1.50. The van der Waals surface area contributed by atoms with Crippen molar-refractivity contribution < 1.29 is 18.9 Å². The van der Waals surface area contributed by atoms with Gasteiger partial charge in [0.25, 0.3) is 0 Å². The van der Waals surface area contributed by atoms with E-state index in [9.17, 15) is 0 Å². The van der Waals surface area contributed by atoms with E-state index in [0.717, 1.165) is 23.5 Å². The summed E-state index contributed by atoms with van der Waals surface area (Å²) < 4.78 is 21.7. The molecule has 154 valence electrons. The minimum absolute atomic E-state index is 0.225. The number of ether oxygens (including phenoxy) is 4. The van der Waals surface area contributed by atoms with Gasteiger partial charge in [0.15, 0.2) is 23.0 Å². The van der Waals surface area contributed by atoms with E-state index in [-0.39, 0.29) is 12.7 Å². The Bertz CT molecular complexity index is 1020. The van der Waals surface area contributed by atoms with Crippen LogP contribution in [0, 0.1) is 0 Å². The number of rotatable bonds is 8. The third kappa shape index (κ3) is 4.40. The molecule has 3 aromatic rings. The highest BCUT2D eigenvalue weighted by molar-refractivity contribution is 5.80. The Hall–Kier alpha value is -3.47. The molecule has 0 N–H and O–H groups in total. The van der Waals surface area contributed by atoms with E-state index in [4.69, 9.17) is 18.9 Å². The first-order valence-corrected chi connectivity index (χ1v) is 9.95. The molecular weight excluding hydrogens is 378 g/mol. The van der Waals surface area contributed by atoms with Crippen LogP contribution in [0.5, 0.6) is 23.0 Å². The van der Waals surface area contributed by atoms with Crippen LogP contribution < -0.4 is 18.9 Å². The van der Waals surface area contributed by atoms with Crippen LogP contribution in [0.15, 0.2) is 71.7 Å². The summed E-state index contributed by atoms with van der Waals surface area (Å²) in [5, 5.41) is 0. The molecule has 0 spiro atoms. The first-order valence-electron chi connectivity index (χ1n) is 9.95. The molecule has 0 radical (unpaired) electrons. The smallest absolute Gasteiger partial charge is 0.231 e. The molecule has 4 rings (SSSR count). The molecule has 1 heterocycles. The summed E-state index contributed by atoms with van der Waals surface area (Å²) in [6.07, 6.45) is 2.76. The summed E-state index contributed by atoms with van der Waals surface area (Å²) in [5.41, 5.74) is 3.44. The molecule has 5 nitrogen and oxygen atoms in total. The lowest BCUT2D eigenvalue weighted by Gasteiger charge is -2.17. The average Bonchev–Trinajstić information content (AvgIpc) is 3.27. The monoisotopic (exact) mass is 403 g/mol. The third-order valence-corrected chi connectivity index (χ3v) is 5.20. The maximum atomic E-state index is 5.58. The Kier molecular flexibility index (Phi) is 6.18. The molecule has 3 aromatic carbocycles. The number of nitrogens with zero attached hydrogens (tertiary/aromatic N) is 1. The Labute approximate surface area is 176 Å². The van der Waals surface area contributed by atoms with Crippen molar-refractivity contribution in [2.24, 2.45) is 4.99 Å². The van der Waals surface area contributed by atoms with Crippen molar-refractivity contribution in [2.45, 2.75) is 12.3 Å². The zero-order valence-corrected chi connectivity index (χ0v) is 17.2. The first kappa shape index (κ1) is 19.8. The first-order chi connectivity index (χ1) is 14.8. The largest absolute Gasteiger partial charge is 0.493 e. The summed E-state index contributed by atoms with van der Waals surface area (Å²) in [6, 6.07) is 22.5. The highest BCUT2D eigenvalue weighted by Gasteiger charge is 2.19. The maximum Gasteiger partial charge on any atom is 0.231 e. The van der Waals surface area contributed by atoms with Crippen LogP contribution in [0.25, 0.3) is 0 Å². The fraction of sp³-hybridized carbons (Fsp3) is 0.240. The van der Waals surface area contributed by atoms with Crippen molar-refractivity contribution in [1.82, 2.24) is 0 Å². The molecule has 30 heavy (non-hydrogen) atoms. The molecule has 0 saturated heterocycles. The van der Waals surface area contributed by atoms with Crippen LogP contribution in [-0.4, -0.2) is 33.8 Å². The van der Waals surface area contributed by atoms with Crippen LogP contribution in [0.2, 0.25) is 0 Å². The molecule has 1 atom stereocenters. The molecule has 5 heteroatoms. The van der Waals surface area contributed by atoms with E-state index in [1.165, 1.54) is 11.1 Å². The van der Waals surface area contributed by atoms with Crippen LogP contribution >= 0.6 is 0 Å². The summed E-state index contributed by atoms with van der Waals surface area (Å²) >= 11 is 0. The van der Waals surface area contributed by atoms with Gasteiger partial charge in [0.2, 0.25) is 6.79 Å². The van der Waals surface area contributed by atoms with E-state index < -0.39 is 0 Å². The topological polar surface area (TPSA) is 49.3 Å². The molecule has 0 amide bonds. The molecule has 1 aliphatic rings. The highest BCUT2D eigenvalue weighted by atomic mass is 16.7. The molecule has 0 saturated carbocycles. The van der Waals surface area contributed by atoms with E-state index in [2.05, 4.69) is 41.4 Å². The second-order valence-corrected chi connectivity index (χ2v) is 7.01. The summed E-state index contributed by atoms with van der Waals surface area (Å²) in [5.74, 6) is 3.24. The van der Waals surface area contributed by atoms with Crippen LogP contribution in [0.1, 0.15) is 29.0 Å². The fourth-order valence-corrected chi connectivity index (χ4v) is 3.65. The number of methoxy groups -OCH3 is 2. The van der Waals surface area contributed by atoms with E-state index in [1.807, 2.05) is 36.5 Å². The van der Waals surface area contributed by atoms with Crippen molar-refractivity contribution in [3.05, 3.63) is 83.4 Å². The van der Waals surface area contributed by atoms with Crippen molar-refractivity contribution >= 4 is 6.21 Å². The standard InChI is InChI=1S/C25H25NO4/c1-27-22-10-8-18(14-24(22)28-2)16-26-13-12-21(19-6-4-3-5-7-19)20-9-11-23-25(15-20)30-17-29-23/h3-11,14-16,21H,12-13,17H2,1-2H3. The van der Waals surface area contributed by atoms with Gasteiger partial charge in [-0.25, -0.2) is 0 Å². The van der Waals surface area contributed by atoms with Gasteiger partial charge in [0.05, 0.1) is 14.2 Å². The number of hydrogen-bond donors (Lipinski definition) is 0. The van der Waals surface area contributed by atoms with Gasteiger partial charge in [0, 0.05) is 18.7 Å². The van der Waals surface area contributed by atoms with Gasteiger partial charge in [-0.15, -0.1) is 0 Å². The van der Waals surface area contributed by atoms with Crippen molar-refractivity contribution in [3.63, 3.8) is 0 Å². The molecule has 1 aliphatic heterocycles. The third-order valence-electron chi connectivity index (χ3n) is 5.20. The fourth-order valence-electron chi connectivity index (χ4n) is 3.65. The molecular formula is C25H25NO4. The number of fused-ring (bicyclic) bond motifs is 1. The Morgan fingerprint density at radius 1 is 0.867 bits per heavy atom. The van der Waals surface area contributed by atoms with E-state index in [0.29, 0.717) is 18.0 Å². The molecule has 1 unspecified atom stereocenters. The zero-order chi connectivity index (χ0) is 20.8. The summed E-state index contributed by atoms with van der Waals surface area (Å²) in [6.45, 7) is 0.979. The van der Waals surface area contributed by atoms with Crippen LogP contribution in [0.3, 0.4) is 0 Å². The second kappa shape index (κ2) is 9.35. The number of aliphatic imine (C=N–C) groups is 1. The van der Waals surface area contributed by atoms with Crippen LogP contribution in [0.4, 0.5) is 0 Å². The maximum absolute atomic E-state index is 5.58. The average molecular weight is 403 g/mol. The number of hydrogen-bond acceptors (Lipinski definition) is 5. The summed E-state index contributed by atoms with van der Waals surface area (Å²) in [7, 11) is 3.26. The minimum atomic E-state index is 0.225. The normalized spacial score (nSPS) is 13.4. The quantitative estimate of drug-likeness (QED) is 0.493. The minimum Gasteiger partial charge on any atom is -0.493 e.